The van der Waals surface area contributed by atoms with Gasteiger partial charge < -0.3 is 16.8 Å². The van der Waals surface area contributed by atoms with Crippen LogP contribution in [0.4, 0.5) is 11.4 Å². The second-order valence-electron chi connectivity index (χ2n) is 2.49. The third-order valence-electron chi connectivity index (χ3n) is 1.53. The molecule has 3 nitrogen and oxygen atoms in total. The predicted octanol–water partition coefficient (Wildman–Crippen LogP) is 0.570. The van der Waals surface area contributed by atoms with Gasteiger partial charge in [0, 0.05) is 17.9 Å². The van der Waals surface area contributed by atoms with Gasteiger partial charge in [-0.15, -0.1) is 0 Å². The molecule has 0 aliphatic rings. The van der Waals surface area contributed by atoms with E-state index < -0.39 is 0 Å². The highest BCUT2D eigenvalue weighted by Gasteiger charge is 1.96. The molecule has 5 N–H and O–H groups in total. The lowest BCUT2D eigenvalue weighted by molar-refractivity contribution is 0.820. The lowest BCUT2D eigenvalue weighted by Crippen LogP contribution is -2.07. The molecule has 0 aliphatic carbocycles. The van der Waals surface area contributed by atoms with Crippen molar-refractivity contribution in [2.75, 3.05) is 18.5 Å². The summed E-state index contributed by atoms with van der Waals surface area (Å²) in [6.07, 6.45) is 0. The van der Waals surface area contributed by atoms with E-state index in [1.807, 2.05) is 19.2 Å². The zero-order chi connectivity index (χ0) is 8.27. The van der Waals surface area contributed by atoms with E-state index in [0.717, 1.165) is 23.5 Å². The summed E-state index contributed by atoms with van der Waals surface area (Å²) < 4.78 is 0. The van der Waals surface area contributed by atoms with E-state index in [0.29, 0.717) is 0 Å². The Labute approximate surface area is 66.4 Å². The first-order valence-corrected chi connectivity index (χ1v) is 3.52. The SMILES string of the molecule is CNCc1cc(N)ccc1N. The molecule has 1 rings (SSSR count). The van der Waals surface area contributed by atoms with Crippen molar-refractivity contribution in [2.24, 2.45) is 0 Å². The lowest BCUT2D eigenvalue weighted by Gasteiger charge is -2.04. The van der Waals surface area contributed by atoms with Crippen LogP contribution in [-0.4, -0.2) is 7.05 Å². The molecule has 0 atom stereocenters. The quantitative estimate of drug-likeness (QED) is 0.541. The Morgan fingerprint density at radius 3 is 2.73 bits per heavy atom. The molecule has 0 saturated heterocycles. The maximum Gasteiger partial charge on any atom is 0.0361 e. The van der Waals surface area contributed by atoms with Crippen LogP contribution in [0.1, 0.15) is 5.56 Å². The smallest absolute Gasteiger partial charge is 0.0361 e. The second-order valence-corrected chi connectivity index (χ2v) is 2.49. The summed E-state index contributed by atoms with van der Waals surface area (Å²) in [5.74, 6) is 0. The molecule has 0 fully saturated rings. The van der Waals surface area contributed by atoms with Crippen LogP contribution in [-0.2, 0) is 6.54 Å². The minimum Gasteiger partial charge on any atom is -0.399 e. The first-order valence-electron chi connectivity index (χ1n) is 3.52. The molecule has 11 heavy (non-hydrogen) atoms. The van der Waals surface area contributed by atoms with E-state index in [4.69, 9.17) is 11.5 Å². The van der Waals surface area contributed by atoms with Crippen LogP contribution in [0.2, 0.25) is 0 Å². The van der Waals surface area contributed by atoms with Crippen molar-refractivity contribution in [3.8, 4) is 0 Å². The van der Waals surface area contributed by atoms with Gasteiger partial charge in [-0.25, -0.2) is 0 Å². The van der Waals surface area contributed by atoms with Gasteiger partial charge in [-0.05, 0) is 30.8 Å². The molecule has 0 aromatic heterocycles. The molecule has 1 aromatic rings. The van der Waals surface area contributed by atoms with Crippen molar-refractivity contribution in [1.82, 2.24) is 5.32 Å². The summed E-state index contributed by atoms with van der Waals surface area (Å²) in [5, 5.41) is 3.02. The number of benzene rings is 1. The van der Waals surface area contributed by atoms with Crippen LogP contribution >= 0.6 is 0 Å². The van der Waals surface area contributed by atoms with Gasteiger partial charge >= 0.3 is 0 Å². The Bertz CT molecular complexity index is 245. The summed E-state index contributed by atoms with van der Waals surface area (Å²) in [6.45, 7) is 0.761. The molecule has 0 amide bonds. The molecule has 0 unspecified atom stereocenters. The van der Waals surface area contributed by atoms with Crippen LogP contribution in [0.3, 0.4) is 0 Å². The Balaban J connectivity index is 2.93. The minimum atomic E-state index is 0.754. The van der Waals surface area contributed by atoms with E-state index in [1.54, 1.807) is 6.07 Å². The molecule has 0 bridgehead atoms. The third kappa shape index (κ3) is 1.85. The maximum atomic E-state index is 5.68. The molecule has 0 radical (unpaired) electrons. The number of anilines is 2. The monoisotopic (exact) mass is 151 g/mol. The average molecular weight is 151 g/mol. The van der Waals surface area contributed by atoms with Crippen molar-refractivity contribution in [3.63, 3.8) is 0 Å². The number of rotatable bonds is 2. The van der Waals surface area contributed by atoms with Gasteiger partial charge in [0.05, 0.1) is 0 Å². The van der Waals surface area contributed by atoms with Crippen LogP contribution in [0.15, 0.2) is 18.2 Å². The van der Waals surface area contributed by atoms with Crippen LogP contribution in [0, 0.1) is 0 Å². The Kier molecular flexibility index (Phi) is 2.33. The summed E-state index contributed by atoms with van der Waals surface area (Å²) in [5.41, 5.74) is 13.8. The zero-order valence-corrected chi connectivity index (χ0v) is 6.59. The van der Waals surface area contributed by atoms with Crippen molar-refractivity contribution in [1.29, 1.82) is 0 Å². The maximum absolute atomic E-state index is 5.68. The number of hydrogen-bond donors (Lipinski definition) is 3. The van der Waals surface area contributed by atoms with E-state index in [2.05, 4.69) is 5.32 Å². The van der Waals surface area contributed by atoms with E-state index in [1.165, 1.54) is 0 Å². The first kappa shape index (κ1) is 7.88. The van der Waals surface area contributed by atoms with Crippen LogP contribution < -0.4 is 16.8 Å². The third-order valence-corrected chi connectivity index (χ3v) is 1.53. The summed E-state index contributed by atoms with van der Waals surface area (Å²) in [4.78, 5) is 0. The van der Waals surface area contributed by atoms with Crippen molar-refractivity contribution < 1.29 is 0 Å². The van der Waals surface area contributed by atoms with Gasteiger partial charge in [-0.3, -0.25) is 0 Å². The van der Waals surface area contributed by atoms with Gasteiger partial charge in [-0.1, -0.05) is 0 Å². The van der Waals surface area contributed by atoms with Gasteiger partial charge in [0.25, 0.3) is 0 Å². The molecule has 0 saturated carbocycles. The molecule has 0 aliphatic heterocycles. The lowest BCUT2D eigenvalue weighted by atomic mass is 10.1. The predicted molar refractivity (Wildman–Crippen MR) is 48.0 cm³/mol. The number of nitrogens with one attached hydrogen (secondary N) is 1. The Morgan fingerprint density at radius 2 is 2.09 bits per heavy atom. The highest BCUT2D eigenvalue weighted by Crippen LogP contribution is 2.14. The fraction of sp³-hybridized carbons (Fsp3) is 0.250. The molecular formula is C8H13N3. The number of nitrogens with two attached hydrogens (primary N) is 2. The van der Waals surface area contributed by atoms with Gasteiger partial charge in [0.2, 0.25) is 0 Å². The topological polar surface area (TPSA) is 64.1 Å². The highest BCUT2D eigenvalue weighted by molar-refractivity contribution is 5.55. The standard InChI is InChI=1S/C8H13N3/c1-11-5-6-4-7(9)2-3-8(6)10/h2-4,11H,5,9-10H2,1H3. The number of hydrogen-bond acceptors (Lipinski definition) is 3. The molecule has 60 valence electrons. The Hall–Kier alpha value is -1.22. The van der Waals surface area contributed by atoms with Gasteiger partial charge in [-0.2, -0.15) is 0 Å². The zero-order valence-electron chi connectivity index (χ0n) is 6.59. The fourth-order valence-corrected chi connectivity index (χ4v) is 0.969. The second kappa shape index (κ2) is 3.25. The van der Waals surface area contributed by atoms with E-state index >= 15 is 0 Å². The van der Waals surface area contributed by atoms with Crippen LogP contribution in [0.25, 0.3) is 0 Å². The van der Waals surface area contributed by atoms with Crippen molar-refractivity contribution in [2.45, 2.75) is 6.54 Å². The van der Waals surface area contributed by atoms with Gasteiger partial charge in [0.15, 0.2) is 0 Å². The van der Waals surface area contributed by atoms with Crippen molar-refractivity contribution in [3.05, 3.63) is 23.8 Å². The van der Waals surface area contributed by atoms with E-state index in [9.17, 15) is 0 Å². The van der Waals surface area contributed by atoms with Crippen LogP contribution in [0.5, 0.6) is 0 Å². The highest BCUT2D eigenvalue weighted by atomic mass is 14.8. The normalized spacial score (nSPS) is 9.91. The summed E-state index contributed by atoms with van der Waals surface area (Å²) in [6, 6.07) is 5.50. The van der Waals surface area contributed by atoms with E-state index in [-0.39, 0.29) is 0 Å². The average Bonchev–Trinajstić information content (AvgIpc) is 1.98. The molecule has 0 heterocycles. The molecule has 3 heteroatoms. The molecule has 0 spiro atoms. The molecular weight excluding hydrogens is 138 g/mol. The largest absolute Gasteiger partial charge is 0.399 e. The molecule has 1 aromatic carbocycles. The summed E-state index contributed by atoms with van der Waals surface area (Å²) >= 11 is 0. The fourth-order valence-electron chi connectivity index (χ4n) is 0.969. The van der Waals surface area contributed by atoms with Crippen molar-refractivity contribution >= 4 is 11.4 Å². The minimum absolute atomic E-state index is 0.754. The summed E-state index contributed by atoms with van der Waals surface area (Å²) in [7, 11) is 1.88. The van der Waals surface area contributed by atoms with Gasteiger partial charge in [0.1, 0.15) is 0 Å². The first-order chi connectivity index (χ1) is 5.24. The Morgan fingerprint density at radius 1 is 1.36 bits per heavy atom. The number of nitrogen functional groups attached to an aromatic ring is 2.